The summed E-state index contributed by atoms with van der Waals surface area (Å²) in [6.07, 6.45) is -5.05. The van der Waals surface area contributed by atoms with Crippen molar-refractivity contribution in [3.8, 4) is 0 Å². The van der Waals surface area contributed by atoms with E-state index in [2.05, 4.69) is 9.89 Å². The van der Waals surface area contributed by atoms with Crippen molar-refractivity contribution >= 4 is 14.9 Å². The summed E-state index contributed by atoms with van der Waals surface area (Å²) in [5, 5.41) is 2.75. The largest absolute Gasteiger partial charge is 0.411 e. The van der Waals surface area contributed by atoms with Crippen LogP contribution in [0.1, 0.15) is 31.4 Å². The van der Waals surface area contributed by atoms with E-state index in [0.717, 1.165) is 0 Å². The number of nitrogens with zero attached hydrogens (tertiary/aromatic N) is 1. The minimum atomic E-state index is -4.82. The minimum absolute atomic E-state index is 0.229. The number of hydrogen-bond donors (Lipinski definition) is 0. The maximum Gasteiger partial charge on any atom is 0.411 e. The molecule has 0 atom stereocenters. The van der Waals surface area contributed by atoms with Crippen LogP contribution in [-0.4, -0.2) is 31.8 Å². The summed E-state index contributed by atoms with van der Waals surface area (Å²) in [5.41, 5.74) is -3.86. The average molecular weight is 437 g/mol. The van der Waals surface area contributed by atoms with Crippen LogP contribution in [-0.2, 0) is 31.8 Å². The second kappa shape index (κ2) is 7.50. The molecule has 1 aromatic carbocycles. The molecular weight excluding hydrogens is 423 g/mol. The lowest BCUT2D eigenvalue weighted by molar-refractivity contribution is -0.177. The lowest BCUT2D eigenvalue weighted by Gasteiger charge is -2.14. The molecule has 0 radical (unpaired) electrons. The van der Waals surface area contributed by atoms with Gasteiger partial charge in [0.1, 0.15) is 12.2 Å². The van der Waals surface area contributed by atoms with Gasteiger partial charge >= 0.3 is 6.18 Å². The van der Waals surface area contributed by atoms with Crippen LogP contribution in [0.5, 0.6) is 0 Å². The van der Waals surface area contributed by atoms with Gasteiger partial charge in [-0.1, -0.05) is 5.16 Å². The fraction of sp³-hybridized carbons (Fsp3) is 0.533. The third kappa shape index (κ3) is 4.93. The standard InChI is InChI=1S/C15H14F7NO4S/c1-14(2)3-9(23-27-14)28(24,25)5-8-12(18)10(16)7(11(17)13(8)19)4-26-6-15(20,21)22/h3-6H2,1-2H3. The second-order valence-electron chi connectivity index (χ2n) is 6.59. The normalized spacial score (nSPS) is 16.8. The molecule has 0 N–H and O–H groups in total. The zero-order valence-electron chi connectivity index (χ0n) is 14.5. The maximum absolute atomic E-state index is 14.1. The van der Waals surface area contributed by atoms with E-state index in [0.29, 0.717) is 0 Å². The van der Waals surface area contributed by atoms with Crippen LogP contribution < -0.4 is 0 Å². The summed E-state index contributed by atoms with van der Waals surface area (Å²) in [6.45, 7) is -0.321. The average Bonchev–Trinajstić information content (AvgIpc) is 2.93. The van der Waals surface area contributed by atoms with Gasteiger partial charge in [0, 0.05) is 12.0 Å². The van der Waals surface area contributed by atoms with E-state index in [4.69, 9.17) is 4.84 Å². The van der Waals surface area contributed by atoms with Crippen LogP contribution in [0, 0.1) is 23.3 Å². The molecule has 2 rings (SSSR count). The van der Waals surface area contributed by atoms with Crippen LogP contribution in [0.4, 0.5) is 30.7 Å². The van der Waals surface area contributed by atoms with E-state index in [1.54, 1.807) is 0 Å². The van der Waals surface area contributed by atoms with Crippen molar-refractivity contribution in [1.29, 1.82) is 0 Å². The van der Waals surface area contributed by atoms with Gasteiger partial charge < -0.3 is 9.57 Å². The van der Waals surface area contributed by atoms with Crippen molar-refractivity contribution in [1.82, 2.24) is 0 Å². The fourth-order valence-electron chi connectivity index (χ4n) is 2.29. The van der Waals surface area contributed by atoms with Crippen molar-refractivity contribution in [2.24, 2.45) is 5.16 Å². The number of benzene rings is 1. The van der Waals surface area contributed by atoms with Gasteiger partial charge in [-0.05, 0) is 13.8 Å². The van der Waals surface area contributed by atoms with Gasteiger partial charge in [0.2, 0.25) is 0 Å². The molecule has 1 aromatic rings. The van der Waals surface area contributed by atoms with Crippen LogP contribution in [0.15, 0.2) is 5.16 Å². The first-order chi connectivity index (χ1) is 12.6. The molecular formula is C15H14F7NO4S. The van der Waals surface area contributed by atoms with Crippen molar-refractivity contribution in [2.45, 2.75) is 44.4 Å². The molecule has 0 amide bonds. The molecule has 1 aliphatic rings. The zero-order valence-corrected chi connectivity index (χ0v) is 15.3. The van der Waals surface area contributed by atoms with E-state index < -0.39 is 80.0 Å². The highest BCUT2D eigenvalue weighted by molar-refractivity contribution is 8.05. The summed E-state index contributed by atoms with van der Waals surface area (Å²) in [7, 11) is -4.48. The molecule has 0 saturated heterocycles. The summed E-state index contributed by atoms with van der Waals surface area (Å²) in [6, 6.07) is 0. The molecule has 1 aliphatic heterocycles. The number of alkyl halides is 3. The molecule has 0 unspecified atom stereocenters. The Kier molecular flexibility index (Phi) is 6.00. The van der Waals surface area contributed by atoms with Gasteiger partial charge in [0.05, 0.1) is 17.9 Å². The Morgan fingerprint density at radius 3 is 1.96 bits per heavy atom. The predicted molar refractivity (Wildman–Crippen MR) is 81.8 cm³/mol. The van der Waals surface area contributed by atoms with Crippen LogP contribution in [0.3, 0.4) is 0 Å². The predicted octanol–water partition coefficient (Wildman–Crippen LogP) is 3.75. The van der Waals surface area contributed by atoms with Gasteiger partial charge in [-0.25, -0.2) is 26.0 Å². The number of halogens is 7. The molecule has 0 spiro atoms. The van der Waals surface area contributed by atoms with E-state index in [1.165, 1.54) is 13.8 Å². The Labute approximate surface area is 155 Å². The first-order valence-electron chi connectivity index (χ1n) is 7.60. The lowest BCUT2D eigenvalue weighted by Crippen LogP contribution is -2.24. The van der Waals surface area contributed by atoms with Crippen molar-refractivity contribution in [3.05, 3.63) is 34.4 Å². The van der Waals surface area contributed by atoms with Crippen LogP contribution in [0.25, 0.3) is 0 Å². The number of ether oxygens (including phenoxy) is 1. The number of oxime groups is 1. The third-order valence-electron chi connectivity index (χ3n) is 3.62. The molecule has 5 nitrogen and oxygen atoms in total. The molecule has 0 aliphatic carbocycles. The quantitative estimate of drug-likeness (QED) is 0.520. The molecule has 1 heterocycles. The summed E-state index contributed by atoms with van der Waals surface area (Å²) in [5.74, 6) is -9.65. The zero-order chi connectivity index (χ0) is 21.5. The lowest BCUT2D eigenvalue weighted by atomic mass is 10.1. The Hall–Kier alpha value is -1.89. The topological polar surface area (TPSA) is 65.0 Å². The highest BCUT2D eigenvalue weighted by Gasteiger charge is 2.38. The van der Waals surface area contributed by atoms with E-state index in [1.807, 2.05) is 0 Å². The Morgan fingerprint density at radius 1 is 1.04 bits per heavy atom. The van der Waals surface area contributed by atoms with Gasteiger partial charge in [-0.15, -0.1) is 0 Å². The monoisotopic (exact) mass is 437 g/mol. The van der Waals surface area contributed by atoms with E-state index in [9.17, 15) is 39.2 Å². The highest BCUT2D eigenvalue weighted by atomic mass is 32.2. The Bertz CT molecular complexity index is 881. The van der Waals surface area contributed by atoms with Gasteiger partial charge in [0.15, 0.2) is 38.1 Å². The van der Waals surface area contributed by atoms with E-state index in [-0.39, 0.29) is 6.42 Å². The minimum Gasteiger partial charge on any atom is -0.389 e. The maximum atomic E-state index is 14.1. The molecule has 13 heteroatoms. The van der Waals surface area contributed by atoms with E-state index >= 15 is 0 Å². The Morgan fingerprint density at radius 2 is 1.54 bits per heavy atom. The number of rotatable bonds is 5. The van der Waals surface area contributed by atoms with Crippen molar-refractivity contribution in [2.75, 3.05) is 6.61 Å². The summed E-state index contributed by atoms with van der Waals surface area (Å²) in [4.78, 5) is 4.84. The smallest absolute Gasteiger partial charge is 0.389 e. The fourth-order valence-corrected chi connectivity index (χ4v) is 3.81. The molecule has 158 valence electrons. The second-order valence-corrected chi connectivity index (χ2v) is 8.58. The van der Waals surface area contributed by atoms with Gasteiger partial charge in [-0.2, -0.15) is 13.2 Å². The third-order valence-corrected chi connectivity index (χ3v) is 5.23. The summed E-state index contributed by atoms with van der Waals surface area (Å²) >= 11 is 0. The Balaban J connectivity index is 2.32. The van der Waals surface area contributed by atoms with Crippen LogP contribution >= 0.6 is 0 Å². The molecule has 0 fully saturated rings. The highest BCUT2D eigenvalue weighted by Crippen LogP contribution is 2.30. The molecule has 28 heavy (non-hydrogen) atoms. The van der Waals surface area contributed by atoms with Gasteiger partial charge in [0.25, 0.3) is 0 Å². The number of sulfone groups is 1. The first-order valence-corrected chi connectivity index (χ1v) is 9.26. The summed E-state index contributed by atoms with van der Waals surface area (Å²) < 4.78 is 121. The van der Waals surface area contributed by atoms with Crippen molar-refractivity contribution < 1.29 is 48.7 Å². The first kappa shape index (κ1) is 22.4. The molecule has 0 aromatic heterocycles. The van der Waals surface area contributed by atoms with Crippen molar-refractivity contribution in [3.63, 3.8) is 0 Å². The SMILES string of the molecule is CC1(C)CC(S(=O)(=O)Cc2c(F)c(F)c(COCC(F)(F)F)c(F)c2F)=NO1. The molecule has 0 saturated carbocycles. The molecule has 0 bridgehead atoms. The van der Waals surface area contributed by atoms with Crippen LogP contribution in [0.2, 0.25) is 0 Å². The van der Waals surface area contributed by atoms with Gasteiger partial charge in [-0.3, -0.25) is 0 Å². The number of hydrogen-bond acceptors (Lipinski definition) is 5.